The number of piperidine rings is 1. The highest BCUT2D eigenvalue weighted by molar-refractivity contribution is 5.31. The monoisotopic (exact) mass is 250 g/mol. The first-order valence-corrected chi connectivity index (χ1v) is 6.85. The molecule has 0 aromatic carbocycles. The SMILES string of the molecule is CC(C)(C)NCc1nnc(N2CC3CCC2C3)o1. The number of nitrogens with one attached hydrogen (secondary N) is 1. The highest BCUT2D eigenvalue weighted by Crippen LogP contribution is 2.39. The summed E-state index contributed by atoms with van der Waals surface area (Å²) >= 11 is 0. The zero-order valence-electron chi connectivity index (χ0n) is 11.4. The molecule has 3 rings (SSSR count). The number of rotatable bonds is 3. The van der Waals surface area contributed by atoms with Crippen molar-refractivity contribution < 1.29 is 4.42 Å². The van der Waals surface area contributed by atoms with Gasteiger partial charge in [0.05, 0.1) is 6.54 Å². The third-order valence-electron chi connectivity index (χ3n) is 3.88. The summed E-state index contributed by atoms with van der Waals surface area (Å²) in [6, 6.07) is 1.35. The minimum atomic E-state index is 0.0708. The second kappa shape index (κ2) is 4.23. The molecule has 1 saturated heterocycles. The van der Waals surface area contributed by atoms with Crippen molar-refractivity contribution in [2.75, 3.05) is 11.4 Å². The van der Waals surface area contributed by atoms with Gasteiger partial charge in [-0.25, -0.2) is 0 Å². The van der Waals surface area contributed by atoms with Crippen LogP contribution in [0.15, 0.2) is 4.42 Å². The van der Waals surface area contributed by atoms with Crippen molar-refractivity contribution in [3.8, 4) is 0 Å². The molecule has 2 bridgehead atoms. The zero-order valence-corrected chi connectivity index (χ0v) is 11.4. The highest BCUT2D eigenvalue weighted by atomic mass is 16.4. The maximum Gasteiger partial charge on any atom is 0.318 e. The molecule has 1 aliphatic heterocycles. The predicted octanol–water partition coefficient (Wildman–Crippen LogP) is 1.95. The fourth-order valence-corrected chi connectivity index (χ4v) is 2.93. The summed E-state index contributed by atoms with van der Waals surface area (Å²) < 4.78 is 5.76. The molecule has 2 fully saturated rings. The van der Waals surface area contributed by atoms with Crippen molar-refractivity contribution in [2.24, 2.45) is 5.92 Å². The Bertz CT molecular complexity index is 423. The van der Waals surface area contributed by atoms with Gasteiger partial charge < -0.3 is 14.6 Å². The molecule has 5 heteroatoms. The van der Waals surface area contributed by atoms with E-state index in [0.717, 1.165) is 12.5 Å². The van der Waals surface area contributed by atoms with Crippen LogP contribution in [0.4, 0.5) is 6.01 Å². The van der Waals surface area contributed by atoms with Gasteiger partial charge in [0, 0.05) is 18.1 Å². The van der Waals surface area contributed by atoms with E-state index in [1.165, 1.54) is 19.3 Å². The van der Waals surface area contributed by atoms with Crippen molar-refractivity contribution in [3.63, 3.8) is 0 Å². The fourth-order valence-electron chi connectivity index (χ4n) is 2.93. The number of fused-ring (bicyclic) bond motifs is 2. The van der Waals surface area contributed by atoms with Crippen LogP contribution in [-0.2, 0) is 6.54 Å². The molecule has 2 unspecified atom stereocenters. The van der Waals surface area contributed by atoms with Gasteiger partial charge in [-0.3, -0.25) is 0 Å². The average Bonchev–Trinajstić information content (AvgIpc) is 3.01. The van der Waals surface area contributed by atoms with Gasteiger partial charge in [-0.1, -0.05) is 5.10 Å². The van der Waals surface area contributed by atoms with Gasteiger partial charge in [-0.15, -0.1) is 5.10 Å². The van der Waals surface area contributed by atoms with E-state index in [1.807, 2.05) is 0 Å². The smallest absolute Gasteiger partial charge is 0.318 e. The Balaban J connectivity index is 1.63. The minimum Gasteiger partial charge on any atom is -0.407 e. The van der Waals surface area contributed by atoms with Crippen LogP contribution in [0.1, 0.15) is 45.9 Å². The molecular formula is C13H22N4O. The van der Waals surface area contributed by atoms with Crippen LogP contribution in [0, 0.1) is 5.92 Å². The first kappa shape index (κ1) is 12.0. The van der Waals surface area contributed by atoms with Crippen LogP contribution in [0.3, 0.4) is 0 Å². The number of anilines is 1. The topological polar surface area (TPSA) is 54.2 Å². The molecule has 18 heavy (non-hydrogen) atoms. The van der Waals surface area contributed by atoms with Crippen LogP contribution < -0.4 is 10.2 Å². The maximum absolute atomic E-state index is 5.76. The molecule has 100 valence electrons. The summed E-state index contributed by atoms with van der Waals surface area (Å²) in [4.78, 5) is 2.29. The van der Waals surface area contributed by atoms with Gasteiger partial charge in [0.15, 0.2) is 0 Å². The third-order valence-corrected chi connectivity index (χ3v) is 3.88. The summed E-state index contributed by atoms with van der Waals surface area (Å²) in [5, 5.41) is 11.7. The molecular weight excluding hydrogens is 228 g/mol. The van der Waals surface area contributed by atoms with Crippen LogP contribution in [0.25, 0.3) is 0 Å². The van der Waals surface area contributed by atoms with Gasteiger partial charge in [0.1, 0.15) is 0 Å². The molecule has 0 spiro atoms. The lowest BCUT2D eigenvalue weighted by Crippen LogP contribution is -2.35. The van der Waals surface area contributed by atoms with E-state index in [4.69, 9.17) is 4.42 Å². The van der Waals surface area contributed by atoms with Crippen LogP contribution in [-0.4, -0.2) is 28.3 Å². The predicted molar refractivity (Wildman–Crippen MR) is 69.4 cm³/mol. The van der Waals surface area contributed by atoms with Crippen LogP contribution in [0.5, 0.6) is 0 Å². The molecule has 2 atom stereocenters. The number of aromatic nitrogens is 2. The Morgan fingerprint density at radius 3 is 2.78 bits per heavy atom. The summed E-state index contributed by atoms with van der Waals surface area (Å²) in [5.74, 6) is 1.53. The quantitative estimate of drug-likeness (QED) is 0.888. The average molecular weight is 250 g/mol. The van der Waals surface area contributed by atoms with Crippen molar-refractivity contribution >= 4 is 6.01 Å². The molecule has 0 amide bonds. The lowest BCUT2D eigenvalue weighted by molar-refractivity contribution is 0.378. The standard InChI is InChI=1S/C13H22N4O/c1-13(2,3)14-7-11-15-16-12(18-11)17-8-9-4-5-10(17)6-9/h9-10,14H,4-8H2,1-3H3. The molecule has 1 N–H and O–H groups in total. The normalized spacial score (nSPS) is 27.2. The summed E-state index contributed by atoms with van der Waals surface area (Å²) in [7, 11) is 0. The molecule has 2 heterocycles. The molecule has 0 radical (unpaired) electrons. The zero-order chi connectivity index (χ0) is 12.8. The Kier molecular flexibility index (Phi) is 2.81. The molecule has 2 aliphatic rings. The number of nitrogens with zero attached hydrogens (tertiary/aromatic N) is 3. The summed E-state index contributed by atoms with van der Waals surface area (Å²) in [6.45, 7) is 8.12. The van der Waals surface area contributed by atoms with Crippen molar-refractivity contribution in [1.29, 1.82) is 0 Å². The van der Waals surface area contributed by atoms with E-state index in [9.17, 15) is 0 Å². The first-order chi connectivity index (χ1) is 8.51. The van der Waals surface area contributed by atoms with Gasteiger partial charge in [-0.05, 0) is 46.0 Å². The second-order valence-corrected chi connectivity index (χ2v) is 6.57. The Hall–Kier alpha value is -1.10. The van der Waals surface area contributed by atoms with E-state index in [0.29, 0.717) is 24.5 Å². The molecule has 1 saturated carbocycles. The second-order valence-electron chi connectivity index (χ2n) is 6.57. The molecule has 1 aliphatic carbocycles. The Labute approximate surface area is 108 Å². The van der Waals surface area contributed by atoms with E-state index >= 15 is 0 Å². The van der Waals surface area contributed by atoms with Gasteiger partial charge in [0.2, 0.25) is 5.89 Å². The molecule has 1 aromatic heterocycles. The molecule has 1 aromatic rings. The molecule has 5 nitrogen and oxygen atoms in total. The number of hydrogen-bond donors (Lipinski definition) is 1. The summed E-state index contributed by atoms with van der Waals surface area (Å²) in [5.41, 5.74) is 0.0708. The van der Waals surface area contributed by atoms with Gasteiger partial charge in [-0.2, -0.15) is 0 Å². The maximum atomic E-state index is 5.76. The van der Waals surface area contributed by atoms with Crippen molar-refractivity contribution in [3.05, 3.63) is 5.89 Å². The Morgan fingerprint density at radius 1 is 1.33 bits per heavy atom. The van der Waals surface area contributed by atoms with Crippen LogP contribution in [0.2, 0.25) is 0 Å². The number of hydrogen-bond acceptors (Lipinski definition) is 5. The van der Waals surface area contributed by atoms with Crippen molar-refractivity contribution in [1.82, 2.24) is 15.5 Å². The largest absolute Gasteiger partial charge is 0.407 e. The van der Waals surface area contributed by atoms with Gasteiger partial charge in [0.25, 0.3) is 0 Å². The highest BCUT2D eigenvalue weighted by Gasteiger charge is 2.40. The third kappa shape index (κ3) is 2.36. The van der Waals surface area contributed by atoms with E-state index in [-0.39, 0.29) is 5.54 Å². The van der Waals surface area contributed by atoms with E-state index in [2.05, 4.69) is 41.2 Å². The minimum absolute atomic E-state index is 0.0708. The van der Waals surface area contributed by atoms with Crippen LogP contribution >= 0.6 is 0 Å². The Morgan fingerprint density at radius 2 is 2.17 bits per heavy atom. The fraction of sp³-hybridized carbons (Fsp3) is 0.846. The van der Waals surface area contributed by atoms with Crippen molar-refractivity contribution in [2.45, 2.75) is 58.2 Å². The summed E-state index contributed by atoms with van der Waals surface area (Å²) in [6.07, 6.45) is 3.95. The van der Waals surface area contributed by atoms with E-state index in [1.54, 1.807) is 0 Å². The first-order valence-electron chi connectivity index (χ1n) is 6.85. The van der Waals surface area contributed by atoms with E-state index < -0.39 is 0 Å². The lowest BCUT2D eigenvalue weighted by Gasteiger charge is -2.24. The lowest BCUT2D eigenvalue weighted by atomic mass is 10.1. The van der Waals surface area contributed by atoms with Gasteiger partial charge >= 0.3 is 6.01 Å².